The van der Waals surface area contributed by atoms with Crippen LogP contribution < -0.4 is 16.4 Å². The molecule has 7 aromatic rings. The van der Waals surface area contributed by atoms with Crippen LogP contribution in [0.15, 0.2) is 95.4 Å². The predicted octanol–water partition coefficient (Wildman–Crippen LogP) is 7.00. The summed E-state index contributed by atoms with van der Waals surface area (Å²) in [6, 6.07) is 25.1. The average Bonchev–Trinajstić information content (AvgIpc) is 3.66. The van der Waals surface area contributed by atoms with Crippen LogP contribution in [0.2, 0.25) is 0 Å². The lowest BCUT2D eigenvalue weighted by Gasteiger charge is -2.24. The van der Waals surface area contributed by atoms with Gasteiger partial charge in [0.05, 0.1) is 16.7 Å². The number of benzene rings is 4. The van der Waals surface area contributed by atoms with Crippen molar-refractivity contribution in [2.24, 2.45) is 0 Å². The molecule has 0 unspecified atom stereocenters. The molecule has 2 aliphatic rings. The van der Waals surface area contributed by atoms with E-state index in [0.717, 1.165) is 55.3 Å². The molecule has 0 saturated carbocycles. The molecule has 0 amide bonds. The van der Waals surface area contributed by atoms with Gasteiger partial charge < -0.3 is 4.42 Å². The summed E-state index contributed by atoms with van der Waals surface area (Å²) in [4.78, 5) is 0. The number of aryl methyl sites for hydroxylation is 1. The number of hydrogen-bond acceptors (Lipinski definition) is 1. The van der Waals surface area contributed by atoms with E-state index in [-0.39, 0.29) is 6.71 Å². The van der Waals surface area contributed by atoms with Crippen LogP contribution in [-0.2, 0) is 0 Å². The summed E-state index contributed by atoms with van der Waals surface area (Å²) in [6.45, 7) is 7.27. The first kappa shape index (κ1) is 22.0. The van der Waals surface area contributed by atoms with Crippen molar-refractivity contribution >= 4 is 67.8 Å². The van der Waals surface area contributed by atoms with Gasteiger partial charge in [0.25, 0.3) is 6.71 Å². The van der Waals surface area contributed by atoms with E-state index in [2.05, 4.69) is 58.9 Å². The summed E-state index contributed by atoms with van der Waals surface area (Å²) in [6.07, 6.45) is 1.29. The maximum absolute atomic E-state index is 14.9. The van der Waals surface area contributed by atoms with E-state index in [1.807, 2.05) is 43.3 Å². The molecule has 9 rings (SSSR count). The number of imidazole rings is 1. The van der Waals surface area contributed by atoms with Crippen LogP contribution in [0.25, 0.3) is 61.5 Å². The highest BCUT2D eigenvalue weighted by Crippen LogP contribution is 2.40. The number of rotatable bonds is 2. The Morgan fingerprint density at radius 1 is 0.850 bits per heavy atom. The van der Waals surface area contributed by atoms with Crippen LogP contribution in [0.1, 0.15) is 16.8 Å². The predicted molar refractivity (Wildman–Crippen MR) is 160 cm³/mol. The lowest BCUT2D eigenvalue weighted by molar-refractivity contribution is 0.553. The summed E-state index contributed by atoms with van der Waals surface area (Å²) >= 11 is 0. The Morgan fingerprint density at radius 3 is 2.45 bits per heavy atom. The van der Waals surface area contributed by atoms with Crippen molar-refractivity contribution in [2.45, 2.75) is 13.8 Å². The molecule has 3 aromatic heterocycles. The quantitative estimate of drug-likeness (QED) is 0.177. The van der Waals surface area contributed by atoms with Crippen molar-refractivity contribution < 1.29 is 13.2 Å². The van der Waals surface area contributed by atoms with Crippen LogP contribution in [0.5, 0.6) is 0 Å². The summed E-state index contributed by atoms with van der Waals surface area (Å²) in [7, 11) is 0. The SMILES string of the molecule is C=C(F)/C(F)=C\c1c(C)c2c3n(c4ccccc4n13)-c1cc(C)cc3c1B2c1c-3ccc2oc3ccccc3c12. The summed E-state index contributed by atoms with van der Waals surface area (Å²) < 4.78 is 39.6. The monoisotopic (exact) mass is 522 g/mol. The van der Waals surface area contributed by atoms with Gasteiger partial charge in [0.15, 0.2) is 11.7 Å². The first-order valence-electron chi connectivity index (χ1n) is 13.4. The topological polar surface area (TPSA) is 22.5 Å². The number of para-hydroxylation sites is 3. The molecule has 0 N–H and O–H groups in total. The van der Waals surface area contributed by atoms with Crippen molar-refractivity contribution in [1.29, 1.82) is 0 Å². The molecule has 0 atom stereocenters. The fraction of sp³-hybridized carbons (Fsp3) is 0.0588. The molecule has 0 spiro atoms. The summed E-state index contributed by atoms with van der Waals surface area (Å²) in [5.41, 5.74) is 14.5. The second-order valence-corrected chi connectivity index (χ2v) is 11.0. The van der Waals surface area contributed by atoms with Crippen LogP contribution in [0.4, 0.5) is 8.78 Å². The van der Waals surface area contributed by atoms with Gasteiger partial charge in [-0.15, -0.1) is 0 Å². The summed E-state index contributed by atoms with van der Waals surface area (Å²) in [5, 5.41) is 2.20. The lowest BCUT2D eigenvalue weighted by Crippen LogP contribution is -2.53. The van der Waals surface area contributed by atoms with Crippen LogP contribution >= 0.6 is 0 Å². The maximum atomic E-state index is 14.9. The minimum atomic E-state index is -1.08. The van der Waals surface area contributed by atoms with Gasteiger partial charge in [-0.3, -0.25) is 8.97 Å². The summed E-state index contributed by atoms with van der Waals surface area (Å²) in [5.74, 6) is -2.04. The molecule has 4 aromatic carbocycles. The number of furan rings is 1. The average molecular weight is 522 g/mol. The Hall–Kier alpha value is -4.84. The highest BCUT2D eigenvalue weighted by molar-refractivity contribution is 7.03. The van der Waals surface area contributed by atoms with Crippen molar-refractivity contribution in [2.75, 3.05) is 0 Å². The van der Waals surface area contributed by atoms with Gasteiger partial charge in [0.2, 0.25) is 0 Å². The second-order valence-electron chi connectivity index (χ2n) is 11.0. The van der Waals surface area contributed by atoms with Crippen molar-refractivity contribution in [1.82, 2.24) is 8.97 Å². The molecule has 190 valence electrons. The molecular weight excluding hydrogens is 501 g/mol. The number of halogens is 2. The Bertz CT molecular complexity index is 2350. The van der Waals surface area contributed by atoms with Gasteiger partial charge in [-0.2, -0.15) is 0 Å². The van der Waals surface area contributed by atoms with E-state index in [1.165, 1.54) is 33.7 Å². The first-order valence-corrected chi connectivity index (χ1v) is 13.4. The van der Waals surface area contributed by atoms with Gasteiger partial charge in [-0.1, -0.05) is 49.0 Å². The van der Waals surface area contributed by atoms with E-state index < -0.39 is 11.7 Å². The Labute approximate surface area is 228 Å². The molecule has 6 heteroatoms. The fourth-order valence-corrected chi connectivity index (χ4v) is 7.39. The van der Waals surface area contributed by atoms with Crippen LogP contribution in [0.3, 0.4) is 0 Å². The van der Waals surface area contributed by atoms with Gasteiger partial charge in [0.1, 0.15) is 16.8 Å². The number of aromatic nitrogens is 2. The third-order valence-corrected chi connectivity index (χ3v) is 8.86. The van der Waals surface area contributed by atoms with Crippen molar-refractivity contribution in [3.05, 3.63) is 108 Å². The van der Waals surface area contributed by atoms with Gasteiger partial charge in [-0.25, -0.2) is 8.78 Å². The third-order valence-electron chi connectivity index (χ3n) is 8.86. The maximum Gasteiger partial charge on any atom is 0.251 e. The van der Waals surface area contributed by atoms with Gasteiger partial charge in [0, 0.05) is 22.5 Å². The minimum Gasteiger partial charge on any atom is -0.456 e. The standard InChI is InChI=1S/C34H21BF2N2O/c1-17-14-22-20-12-13-29-30(21-8-4-7-11-28(21)40-29)33(20)35-31-18(2)26(16-23(37)19(3)36)38-24-9-5-6-10-25(24)39(34(31)38)27(15-17)32(22)35/h4-16H,3H2,1-2H3/b23-16+. The van der Waals surface area contributed by atoms with Gasteiger partial charge >= 0.3 is 0 Å². The molecule has 0 fully saturated rings. The zero-order valence-electron chi connectivity index (χ0n) is 21.8. The number of allylic oxidation sites excluding steroid dienone is 2. The molecule has 0 aliphatic carbocycles. The van der Waals surface area contributed by atoms with Crippen LogP contribution in [0, 0.1) is 13.8 Å². The molecule has 0 saturated heterocycles. The number of hydrogen-bond donors (Lipinski definition) is 0. The molecule has 0 radical (unpaired) electrons. The Morgan fingerprint density at radius 2 is 1.62 bits per heavy atom. The third kappa shape index (κ3) is 2.46. The van der Waals surface area contributed by atoms with Crippen molar-refractivity contribution in [3.63, 3.8) is 0 Å². The molecule has 5 heterocycles. The largest absolute Gasteiger partial charge is 0.456 e. The minimum absolute atomic E-state index is 0.0871. The van der Waals surface area contributed by atoms with E-state index in [4.69, 9.17) is 4.42 Å². The first-order chi connectivity index (χ1) is 19.4. The zero-order chi connectivity index (χ0) is 27.0. The second kappa shape index (κ2) is 7.22. The van der Waals surface area contributed by atoms with Crippen LogP contribution in [-0.4, -0.2) is 15.7 Å². The molecule has 2 aliphatic heterocycles. The van der Waals surface area contributed by atoms with E-state index in [9.17, 15) is 8.78 Å². The normalized spacial score (nSPS) is 13.7. The van der Waals surface area contributed by atoms with E-state index in [0.29, 0.717) is 5.69 Å². The lowest BCUT2D eigenvalue weighted by atomic mass is 9.37. The zero-order valence-corrected chi connectivity index (χ0v) is 21.8. The van der Waals surface area contributed by atoms with E-state index >= 15 is 0 Å². The number of nitrogens with zero attached hydrogens (tertiary/aromatic N) is 2. The Balaban J connectivity index is 1.53. The smallest absolute Gasteiger partial charge is 0.251 e. The van der Waals surface area contributed by atoms with E-state index in [1.54, 1.807) is 0 Å². The molecule has 40 heavy (non-hydrogen) atoms. The molecular formula is C34H21BF2N2O. The fourth-order valence-electron chi connectivity index (χ4n) is 7.39. The highest BCUT2D eigenvalue weighted by atomic mass is 19.2. The highest BCUT2D eigenvalue weighted by Gasteiger charge is 2.45. The molecule has 3 nitrogen and oxygen atoms in total. The van der Waals surface area contributed by atoms with Gasteiger partial charge in [-0.05, 0) is 82.8 Å². The van der Waals surface area contributed by atoms with Crippen molar-refractivity contribution in [3.8, 4) is 16.8 Å². The number of fused-ring (bicyclic) bond motifs is 12. The Kier molecular flexibility index (Phi) is 3.97. The molecule has 0 bridgehead atoms.